The van der Waals surface area contributed by atoms with Crippen molar-refractivity contribution >= 4 is 17.5 Å². The number of halogens is 1. The van der Waals surface area contributed by atoms with E-state index in [0.29, 0.717) is 43.4 Å². The van der Waals surface area contributed by atoms with Gasteiger partial charge in [-0.3, -0.25) is 4.79 Å². The van der Waals surface area contributed by atoms with E-state index in [4.69, 9.17) is 16.3 Å². The number of aryl methyl sites for hydroxylation is 1. The molecule has 1 aromatic heterocycles. The first-order valence-corrected chi connectivity index (χ1v) is 6.91. The maximum atomic E-state index is 12.4. The number of hydrogen-bond acceptors (Lipinski definition) is 4. The maximum absolute atomic E-state index is 12.4. The van der Waals surface area contributed by atoms with E-state index in [2.05, 4.69) is 5.10 Å². The summed E-state index contributed by atoms with van der Waals surface area (Å²) in [5.41, 5.74) is 0.259. The molecule has 0 spiro atoms. The van der Waals surface area contributed by atoms with Crippen LogP contribution in [0.2, 0.25) is 5.02 Å². The summed E-state index contributed by atoms with van der Waals surface area (Å²) in [5, 5.41) is 14.0. The smallest absolute Gasteiger partial charge is 0.276 e. The Morgan fingerprint density at radius 3 is 2.79 bits per heavy atom. The summed E-state index contributed by atoms with van der Waals surface area (Å²) in [5.74, 6) is 0.315. The Morgan fingerprint density at radius 1 is 1.37 bits per heavy atom. The van der Waals surface area contributed by atoms with Gasteiger partial charge in [-0.1, -0.05) is 11.6 Å². The summed E-state index contributed by atoms with van der Waals surface area (Å²) < 4.78 is 7.10. The normalized spacial score (nSPS) is 20.0. The van der Waals surface area contributed by atoms with Crippen molar-refractivity contribution in [2.75, 3.05) is 19.7 Å². The Labute approximate surface area is 115 Å². The molecule has 1 amide bonds. The fraction of sp³-hybridized carbons (Fsp3) is 0.667. The molecule has 3 rings (SSSR count). The van der Waals surface area contributed by atoms with Gasteiger partial charge in [-0.05, 0) is 12.8 Å². The Morgan fingerprint density at radius 2 is 2.11 bits per heavy atom. The topological polar surface area (TPSA) is 67.6 Å². The number of ether oxygens (including phenoxy) is 1. The molecule has 6 nitrogen and oxygen atoms in total. The summed E-state index contributed by atoms with van der Waals surface area (Å²) in [6.45, 7) is 2.41. The number of fused-ring (bicyclic) bond motifs is 1. The van der Waals surface area contributed by atoms with Crippen molar-refractivity contribution in [2.24, 2.45) is 0 Å². The lowest BCUT2D eigenvalue weighted by molar-refractivity contribution is 0.0541. The molecule has 1 aromatic rings. The Kier molecular flexibility index (Phi) is 3.36. The molecule has 0 aliphatic carbocycles. The third-order valence-electron chi connectivity index (χ3n) is 3.56. The minimum absolute atomic E-state index is 0.178. The van der Waals surface area contributed by atoms with Crippen LogP contribution in [0.4, 0.5) is 0 Å². The lowest BCUT2D eigenvalue weighted by Crippen LogP contribution is -2.40. The maximum Gasteiger partial charge on any atom is 0.276 e. The molecule has 3 heterocycles. The highest BCUT2D eigenvalue weighted by molar-refractivity contribution is 6.34. The third kappa shape index (κ3) is 2.30. The SMILES string of the molecule is O=C(c1nn2c(c1Cl)OCCC2)N1CCC(O)CC1. The highest BCUT2D eigenvalue weighted by atomic mass is 35.5. The minimum atomic E-state index is -0.307. The fourth-order valence-electron chi connectivity index (χ4n) is 2.45. The lowest BCUT2D eigenvalue weighted by atomic mass is 10.1. The second-order valence-corrected chi connectivity index (χ2v) is 5.29. The second kappa shape index (κ2) is 5.02. The van der Waals surface area contributed by atoms with Crippen molar-refractivity contribution in [1.82, 2.24) is 14.7 Å². The first-order valence-electron chi connectivity index (χ1n) is 6.53. The average Bonchev–Trinajstić information content (AvgIpc) is 2.77. The van der Waals surface area contributed by atoms with Crippen LogP contribution in [0.3, 0.4) is 0 Å². The molecule has 0 atom stereocenters. The highest BCUT2D eigenvalue weighted by Crippen LogP contribution is 2.31. The zero-order valence-corrected chi connectivity index (χ0v) is 11.3. The molecule has 19 heavy (non-hydrogen) atoms. The number of hydrogen-bond donors (Lipinski definition) is 1. The van der Waals surface area contributed by atoms with E-state index < -0.39 is 0 Å². The largest absolute Gasteiger partial charge is 0.477 e. The molecule has 0 saturated carbocycles. The number of carbonyl (C=O) groups is 1. The van der Waals surface area contributed by atoms with Crippen LogP contribution in [0.1, 0.15) is 29.8 Å². The minimum Gasteiger partial charge on any atom is -0.477 e. The van der Waals surface area contributed by atoms with Gasteiger partial charge in [0.25, 0.3) is 5.91 Å². The zero-order valence-electron chi connectivity index (χ0n) is 10.5. The van der Waals surface area contributed by atoms with E-state index in [9.17, 15) is 9.90 Å². The molecule has 0 radical (unpaired) electrons. The van der Waals surface area contributed by atoms with E-state index in [-0.39, 0.29) is 17.7 Å². The molecule has 104 valence electrons. The Bertz CT molecular complexity index is 495. The molecule has 7 heteroatoms. The highest BCUT2D eigenvalue weighted by Gasteiger charge is 2.29. The van der Waals surface area contributed by atoms with E-state index >= 15 is 0 Å². The number of rotatable bonds is 1. The van der Waals surface area contributed by atoms with Gasteiger partial charge < -0.3 is 14.7 Å². The number of amides is 1. The van der Waals surface area contributed by atoms with E-state index in [0.717, 1.165) is 13.0 Å². The van der Waals surface area contributed by atoms with Gasteiger partial charge in [-0.15, -0.1) is 0 Å². The van der Waals surface area contributed by atoms with Gasteiger partial charge in [0.2, 0.25) is 5.88 Å². The number of nitrogens with zero attached hydrogens (tertiary/aromatic N) is 3. The molecule has 1 fully saturated rings. The standard InChI is InChI=1S/C12H16ClN3O3/c13-9-10(14-16-4-1-7-19-12(9)16)11(18)15-5-2-8(17)3-6-15/h8,17H,1-7H2. The van der Waals surface area contributed by atoms with E-state index in [1.165, 1.54) is 0 Å². The summed E-state index contributed by atoms with van der Waals surface area (Å²) in [6.07, 6.45) is 1.77. The van der Waals surface area contributed by atoms with Crippen molar-refractivity contribution in [1.29, 1.82) is 0 Å². The van der Waals surface area contributed by atoms with Crippen molar-refractivity contribution < 1.29 is 14.6 Å². The molecular weight excluding hydrogens is 270 g/mol. The molecule has 2 aliphatic rings. The Hall–Kier alpha value is -1.27. The van der Waals surface area contributed by atoms with Crippen molar-refractivity contribution in [3.8, 4) is 5.88 Å². The van der Waals surface area contributed by atoms with Gasteiger partial charge in [0.15, 0.2) is 5.69 Å². The second-order valence-electron chi connectivity index (χ2n) is 4.92. The molecule has 0 bridgehead atoms. The Balaban J connectivity index is 1.82. The van der Waals surface area contributed by atoms with Crippen LogP contribution in [0.25, 0.3) is 0 Å². The van der Waals surface area contributed by atoms with Crippen LogP contribution < -0.4 is 4.74 Å². The van der Waals surface area contributed by atoms with Crippen LogP contribution in [0, 0.1) is 0 Å². The first-order chi connectivity index (χ1) is 9.16. The van der Waals surface area contributed by atoms with Crippen molar-refractivity contribution in [3.63, 3.8) is 0 Å². The van der Waals surface area contributed by atoms with Crippen molar-refractivity contribution in [2.45, 2.75) is 31.9 Å². The summed E-state index contributed by atoms with van der Waals surface area (Å²) in [4.78, 5) is 14.1. The summed E-state index contributed by atoms with van der Waals surface area (Å²) in [7, 11) is 0. The van der Waals surface area contributed by atoms with Gasteiger partial charge in [-0.2, -0.15) is 5.10 Å². The summed E-state index contributed by atoms with van der Waals surface area (Å²) >= 11 is 6.18. The van der Waals surface area contributed by atoms with Crippen LogP contribution in [0.5, 0.6) is 5.88 Å². The molecule has 1 saturated heterocycles. The first kappa shape index (κ1) is 12.7. The average molecular weight is 286 g/mol. The molecular formula is C12H16ClN3O3. The predicted octanol–water partition coefficient (Wildman–Crippen LogP) is 0.916. The van der Waals surface area contributed by atoms with Crippen molar-refractivity contribution in [3.05, 3.63) is 10.7 Å². The van der Waals surface area contributed by atoms with Gasteiger partial charge in [0.05, 0.1) is 12.7 Å². The van der Waals surface area contributed by atoms with Gasteiger partial charge >= 0.3 is 0 Å². The molecule has 1 N–H and O–H groups in total. The van der Waals surface area contributed by atoms with E-state index in [1.807, 2.05) is 0 Å². The number of likely N-dealkylation sites (tertiary alicyclic amines) is 1. The zero-order chi connectivity index (χ0) is 13.4. The number of aliphatic hydroxyl groups excluding tert-OH is 1. The molecule has 2 aliphatic heterocycles. The number of carbonyl (C=O) groups excluding carboxylic acids is 1. The number of aromatic nitrogens is 2. The van der Waals surface area contributed by atoms with Crippen LogP contribution >= 0.6 is 11.6 Å². The van der Waals surface area contributed by atoms with Crippen LogP contribution in [-0.4, -0.2) is 51.5 Å². The number of piperidine rings is 1. The van der Waals surface area contributed by atoms with Crippen LogP contribution in [-0.2, 0) is 6.54 Å². The fourth-order valence-corrected chi connectivity index (χ4v) is 2.72. The van der Waals surface area contributed by atoms with Gasteiger partial charge in [0.1, 0.15) is 5.02 Å². The molecule has 0 unspecified atom stereocenters. The van der Waals surface area contributed by atoms with E-state index in [1.54, 1.807) is 9.58 Å². The van der Waals surface area contributed by atoms with Gasteiger partial charge in [0, 0.05) is 26.1 Å². The summed E-state index contributed by atoms with van der Waals surface area (Å²) in [6, 6.07) is 0. The molecule has 0 aromatic carbocycles. The number of aliphatic hydroxyl groups is 1. The monoisotopic (exact) mass is 285 g/mol. The third-order valence-corrected chi connectivity index (χ3v) is 3.90. The van der Waals surface area contributed by atoms with Crippen LogP contribution in [0.15, 0.2) is 0 Å². The quantitative estimate of drug-likeness (QED) is 0.833. The van der Waals surface area contributed by atoms with Gasteiger partial charge in [-0.25, -0.2) is 4.68 Å². The lowest BCUT2D eigenvalue weighted by Gasteiger charge is -2.28. The predicted molar refractivity (Wildman–Crippen MR) is 68.5 cm³/mol.